The topological polar surface area (TPSA) is 81.4 Å². The Bertz CT molecular complexity index is 152. The molecule has 0 rings (SSSR count). The molecule has 5 heteroatoms. The molecule has 0 radical (unpaired) electrons. The molecule has 0 aromatic rings. The molecule has 0 aromatic heterocycles. The highest BCUT2D eigenvalue weighted by molar-refractivity contribution is 5.75. The number of ether oxygens (including phenoxy) is 1. The van der Waals surface area contributed by atoms with Crippen LogP contribution in [0.3, 0.4) is 0 Å². The summed E-state index contributed by atoms with van der Waals surface area (Å²) in [5.74, 6) is -0.322. The molecule has 0 unspecified atom stereocenters. The van der Waals surface area contributed by atoms with Gasteiger partial charge in [0.15, 0.2) is 0 Å². The number of carbonyl (C=O) groups is 2. The van der Waals surface area contributed by atoms with Crippen molar-refractivity contribution in [2.45, 2.75) is 26.4 Å². The number of nitrogens with one attached hydrogen (secondary N) is 1. The number of likely N-dealkylation sites (N-methyl/N-ethyl adjacent to an activating group) is 1. The van der Waals surface area contributed by atoms with Gasteiger partial charge in [-0.15, -0.1) is 0 Å². The van der Waals surface area contributed by atoms with Gasteiger partial charge >= 0.3 is 0 Å². The second-order valence-electron chi connectivity index (χ2n) is 3.32. The van der Waals surface area contributed by atoms with Crippen LogP contribution in [0.5, 0.6) is 0 Å². The molecule has 5 nitrogen and oxygen atoms in total. The van der Waals surface area contributed by atoms with Crippen LogP contribution >= 0.6 is 0 Å². The van der Waals surface area contributed by atoms with Crippen LogP contribution in [0.2, 0.25) is 0 Å². The second-order valence-corrected chi connectivity index (χ2v) is 3.32. The van der Waals surface area contributed by atoms with E-state index in [1.54, 1.807) is 7.05 Å². The van der Waals surface area contributed by atoms with Crippen molar-refractivity contribution in [3.8, 4) is 0 Å². The van der Waals surface area contributed by atoms with Gasteiger partial charge in [0.2, 0.25) is 5.91 Å². The summed E-state index contributed by atoms with van der Waals surface area (Å²) < 4.78 is 4.55. The zero-order valence-electron chi connectivity index (χ0n) is 8.59. The Morgan fingerprint density at radius 1 is 1.54 bits per heavy atom. The number of carbonyl (C=O) groups excluding carboxylic acids is 2. The number of hydrogen-bond donors (Lipinski definition) is 2. The van der Waals surface area contributed by atoms with Crippen molar-refractivity contribution < 1.29 is 14.3 Å². The van der Waals surface area contributed by atoms with Gasteiger partial charge in [0.25, 0.3) is 6.47 Å². The highest BCUT2D eigenvalue weighted by Gasteiger charge is 2.07. The summed E-state index contributed by atoms with van der Waals surface area (Å²) in [5.41, 5.74) is 4.38. The maximum absolute atomic E-state index is 9.76. The van der Waals surface area contributed by atoms with Gasteiger partial charge in [0.1, 0.15) is 5.60 Å². The van der Waals surface area contributed by atoms with E-state index in [0.29, 0.717) is 6.47 Å². The molecule has 0 aliphatic rings. The van der Waals surface area contributed by atoms with Crippen molar-refractivity contribution in [1.82, 2.24) is 5.32 Å². The molecule has 3 N–H and O–H groups in total. The highest BCUT2D eigenvalue weighted by atomic mass is 16.5. The Morgan fingerprint density at radius 2 is 2.00 bits per heavy atom. The zero-order valence-corrected chi connectivity index (χ0v) is 8.59. The fraction of sp³-hybridized carbons (Fsp3) is 0.750. The van der Waals surface area contributed by atoms with Gasteiger partial charge in [-0.2, -0.15) is 0 Å². The fourth-order valence-electron chi connectivity index (χ4n) is 0.319. The minimum absolute atomic E-state index is 0.264. The summed E-state index contributed by atoms with van der Waals surface area (Å²) in [7, 11) is 1.67. The van der Waals surface area contributed by atoms with Gasteiger partial charge < -0.3 is 15.8 Å². The molecule has 0 heterocycles. The Morgan fingerprint density at radius 3 is 2.00 bits per heavy atom. The second kappa shape index (κ2) is 7.54. The molecule has 0 saturated carbocycles. The summed E-state index contributed by atoms with van der Waals surface area (Å²) >= 11 is 0. The first-order chi connectivity index (χ1) is 5.83. The van der Waals surface area contributed by atoms with E-state index < -0.39 is 0 Å². The van der Waals surface area contributed by atoms with Crippen molar-refractivity contribution >= 4 is 12.4 Å². The Kier molecular flexibility index (Phi) is 8.37. The Balaban J connectivity index is 0. The van der Waals surface area contributed by atoms with Crippen LogP contribution in [0.1, 0.15) is 20.8 Å². The van der Waals surface area contributed by atoms with E-state index in [1.807, 2.05) is 20.8 Å². The molecule has 13 heavy (non-hydrogen) atoms. The van der Waals surface area contributed by atoms with E-state index >= 15 is 0 Å². The van der Waals surface area contributed by atoms with E-state index in [0.717, 1.165) is 0 Å². The van der Waals surface area contributed by atoms with Crippen LogP contribution in [0.25, 0.3) is 0 Å². The van der Waals surface area contributed by atoms with E-state index in [2.05, 4.69) is 10.1 Å². The lowest BCUT2D eigenvalue weighted by molar-refractivity contribution is -0.138. The molecule has 0 atom stereocenters. The standard InChI is InChI=1S/C5H10O2.C3H8N2O/c1-5(2,3)7-4-6;1-5-2-3(4)6/h4H,1-3H3;5H,2H2,1H3,(H2,4,6). The summed E-state index contributed by atoms with van der Waals surface area (Å²) in [6.45, 7) is 6.18. The number of rotatable bonds is 3. The van der Waals surface area contributed by atoms with Gasteiger partial charge in [-0.1, -0.05) is 0 Å². The average molecular weight is 190 g/mol. The van der Waals surface area contributed by atoms with Crippen LogP contribution in [0.15, 0.2) is 0 Å². The van der Waals surface area contributed by atoms with Crippen LogP contribution in [-0.4, -0.2) is 31.6 Å². The number of primary amides is 1. The number of hydrogen-bond acceptors (Lipinski definition) is 4. The lowest BCUT2D eigenvalue weighted by atomic mass is 10.2. The molecule has 78 valence electrons. The molecular weight excluding hydrogens is 172 g/mol. The molecule has 0 saturated heterocycles. The molecule has 0 fully saturated rings. The van der Waals surface area contributed by atoms with Gasteiger partial charge in [0.05, 0.1) is 6.54 Å². The van der Waals surface area contributed by atoms with Gasteiger partial charge in [0, 0.05) is 0 Å². The molecule has 0 bridgehead atoms. The van der Waals surface area contributed by atoms with Crippen molar-refractivity contribution in [2.24, 2.45) is 5.73 Å². The summed E-state index contributed by atoms with van der Waals surface area (Å²) in [6, 6.07) is 0. The van der Waals surface area contributed by atoms with E-state index in [9.17, 15) is 9.59 Å². The number of amides is 1. The lowest BCUT2D eigenvalue weighted by Gasteiger charge is -2.14. The molecule has 0 aliphatic heterocycles. The van der Waals surface area contributed by atoms with Crippen LogP contribution in [0, 0.1) is 0 Å². The maximum Gasteiger partial charge on any atom is 0.293 e. The normalized spacial score (nSPS) is 9.54. The smallest absolute Gasteiger partial charge is 0.293 e. The predicted molar refractivity (Wildman–Crippen MR) is 50.0 cm³/mol. The lowest BCUT2D eigenvalue weighted by Crippen LogP contribution is -2.25. The van der Waals surface area contributed by atoms with E-state index in [1.165, 1.54) is 0 Å². The summed E-state index contributed by atoms with van der Waals surface area (Å²) in [5, 5.41) is 2.59. The zero-order chi connectivity index (χ0) is 10.9. The molecule has 1 amide bonds. The van der Waals surface area contributed by atoms with Crippen LogP contribution in [-0.2, 0) is 14.3 Å². The molecule has 0 spiro atoms. The first-order valence-corrected chi connectivity index (χ1v) is 3.88. The van der Waals surface area contributed by atoms with Crippen LogP contribution in [0.4, 0.5) is 0 Å². The third kappa shape index (κ3) is 24.8. The van der Waals surface area contributed by atoms with Crippen molar-refractivity contribution in [3.05, 3.63) is 0 Å². The fourth-order valence-corrected chi connectivity index (χ4v) is 0.319. The SMILES string of the molecule is CC(C)(C)OC=O.CNCC(N)=O. The minimum Gasteiger partial charge on any atom is -0.462 e. The maximum atomic E-state index is 9.76. The van der Waals surface area contributed by atoms with Crippen molar-refractivity contribution in [3.63, 3.8) is 0 Å². The summed E-state index contributed by atoms with van der Waals surface area (Å²) in [4.78, 5) is 19.4. The minimum atomic E-state index is -0.322. The van der Waals surface area contributed by atoms with Gasteiger partial charge in [-0.25, -0.2) is 0 Å². The monoisotopic (exact) mass is 190 g/mol. The number of nitrogens with two attached hydrogens (primary N) is 1. The quantitative estimate of drug-likeness (QED) is 0.596. The Hall–Kier alpha value is -1.10. The van der Waals surface area contributed by atoms with Crippen molar-refractivity contribution in [2.75, 3.05) is 13.6 Å². The van der Waals surface area contributed by atoms with Gasteiger partial charge in [-0.05, 0) is 27.8 Å². The molecular formula is C8H18N2O3. The molecule has 0 aromatic carbocycles. The predicted octanol–water partition coefficient (Wildman–Crippen LogP) is -0.351. The van der Waals surface area contributed by atoms with Gasteiger partial charge in [-0.3, -0.25) is 9.59 Å². The highest BCUT2D eigenvalue weighted by Crippen LogP contribution is 2.02. The van der Waals surface area contributed by atoms with Crippen LogP contribution < -0.4 is 11.1 Å². The first-order valence-electron chi connectivity index (χ1n) is 3.88. The molecule has 0 aliphatic carbocycles. The third-order valence-corrected chi connectivity index (χ3v) is 0.753. The third-order valence-electron chi connectivity index (χ3n) is 0.753. The van der Waals surface area contributed by atoms with Crippen molar-refractivity contribution in [1.29, 1.82) is 0 Å². The average Bonchev–Trinajstić information content (AvgIpc) is 1.84. The van der Waals surface area contributed by atoms with E-state index in [4.69, 9.17) is 5.73 Å². The summed E-state index contributed by atoms with van der Waals surface area (Å²) in [6.07, 6.45) is 0. The Labute approximate surface area is 78.6 Å². The van der Waals surface area contributed by atoms with E-state index in [-0.39, 0.29) is 18.1 Å². The largest absolute Gasteiger partial charge is 0.462 e. The first kappa shape index (κ1) is 14.4.